The van der Waals surface area contributed by atoms with Gasteiger partial charge < -0.3 is 5.32 Å². The second-order valence-electron chi connectivity index (χ2n) is 6.78. The SMILES string of the molecule is [2H]C([2H])([2H])NC(=O)c1cccc([C@@H](C)n2cnc3cc(-c4ccnn4C)ccc3c2=O)c1. The van der Waals surface area contributed by atoms with Gasteiger partial charge in [0.25, 0.3) is 11.5 Å². The average Bonchev–Trinajstić information content (AvgIpc) is 3.18. The van der Waals surface area contributed by atoms with E-state index in [4.69, 9.17) is 4.11 Å². The first-order valence-electron chi connectivity index (χ1n) is 10.6. The third-order valence-corrected chi connectivity index (χ3v) is 5.06. The second-order valence-corrected chi connectivity index (χ2v) is 6.78. The van der Waals surface area contributed by atoms with Gasteiger partial charge in [-0.3, -0.25) is 18.8 Å². The van der Waals surface area contributed by atoms with Gasteiger partial charge in [-0.05, 0) is 42.8 Å². The van der Waals surface area contributed by atoms with Crippen molar-refractivity contribution >= 4 is 16.8 Å². The van der Waals surface area contributed by atoms with Crippen LogP contribution in [0.5, 0.6) is 0 Å². The number of benzene rings is 2. The van der Waals surface area contributed by atoms with E-state index in [0.717, 1.165) is 11.3 Å². The summed E-state index contributed by atoms with van der Waals surface area (Å²) in [6.45, 7) is -0.758. The topological polar surface area (TPSA) is 81.8 Å². The Labute approximate surface area is 171 Å². The molecule has 1 atom stereocenters. The van der Waals surface area contributed by atoms with E-state index < -0.39 is 18.9 Å². The van der Waals surface area contributed by atoms with Crippen molar-refractivity contribution < 1.29 is 8.91 Å². The molecule has 0 saturated carbocycles. The number of rotatable bonds is 4. The van der Waals surface area contributed by atoms with Crippen LogP contribution in [0.15, 0.2) is 65.8 Å². The van der Waals surface area contributed by atoms with Crippen molar-refractivity contribution in [2.75, 3.05) is 6.98 Å². The molecule has 0 saturated heterocycles. The molecule has 7 nitrogen and oxygen atoms in total. The van der Waals surface area contributed by atoms with Crippen LogP contribution in [0.4, 0.5) is 0 Å². The van der Waals surface area contributed by atoms with Crippen LogP contribution in [0.3, 0.4) is 0 Å². The molecule has 2 aromatic carbocycles. The number of carbonyl (C=O) groups excluding carboxylic acids is 1. The Balaban J connectivity index is 1.69. The minimum atomic E-state index is -2.58. The zero-order valence-electron chi connectivity index (χ0n) is 19.0. The highest BCUT2D eigenvalue weighted by molar-refractivity contribution is 5.94. The highest BCUT2D eigenvalue weighted by atomic mass is 16.1. The number of amides is 1. The van der Waals surface area contributed by atoms with Crippen LogP contribution in [0.2, 0.25) is 0 Å². The van der Waals surface area contributed by atoms with Crippen molar-refractivity contribution in [1.29, 1.82) is 0 Å². The van der Waals surface area contributed by atoms with E-state index in [1.807, 2.05) is 37.5 Å². The Morgan fingerprint density at radius 3 is 2.83 bits per heavy atom. The van der Waals surface area contributed by atoms with Gasteiger partial charge in [0.05, 0.1) is 29.0 Å². The van der Waals surface area contributed by atoms with E-state index in [1.54, 1.807) is 35.1 Å². The summed E-state index contributed by atoms with van der Waals surface area (Å²) in [7, 11) is 1.85. The van der Waals surface area contributed by atoms with E-state index in [0.29, 0.717) is 16.5 Å². The van der Waals surface area contributed by atoms with Gasteiger partial charge in [0.1, 0.15) is 0 Å². The molecule has 0 fully saturated rings. The van der Waals surface area contributed by atoms with Crippen molar-refractivity contribution in [3.63, 3.8) is 0 Å². The fraction of sp³-hybridized carbons (Fsp3) is 0.182. The molecule has 4 aromatic rings. The van der Waals surface area contributed by atoms with Gasteiger partial charge in [0, 0.05) is 35.5 Å². The summed E-state index contributed by atoms with van der Waals surface area (Å²) in [4.78, 5) is 29.8. The monoisotopic (exact) mass is 390 g/mol. The summed E-state index contributed by atoms with van der Waals surface area (Å²) >= 11 is 0. The van der Waals surface area contributed by atoms with Crippen LogP contribution in [-0.4, -0.2) is 32.2 Å². The van der Waals surface area contributed by atoms with Crippen molar-refractivity contribution in [2.24, 2.45) is 7.05 Å². The second kappa shape index (κ2) is 7.35. The Hall–Kier alpha value is -3.74. The first-order valence-corrected chi connectivity index (χ1v) is 9.06. The highest BCUT2D eigenvalue weighted by Crippen LogP contribution is 2.23. The third-order valence-electron chi connectivity index (χ3n) is 5.06. The molecular weight excluding hydrogens is 366 g/mol. The van der Waals surface area contributed by atoms with Crippen LogP contribution in [0, 0.1) is 0 Å². The minimum absolute atomic E-state index is 0.202. The molecule has 2 aromatic heterocycles. The Morgan fingerprint density at radius 1 is 1.21 bits per heavy atom. The zero-order valence-corrected chi connectivity index (χ0v) is 16.0. The summed E-state index contributed by atoms with van der Waals surface area (Å²) < 4.78 is 24.9. The van der Waals surface area contributed by atoms with Gasteiger partial charge in [-0.15, -0.1) is 0 Å². The molecule has 0 aliphatic rings. The number of aromatic nitrogens is 4. The molecule has 146 valence electrons. The van der Waals surface area contributed by atoms with E-state index in [9.17, 15) is 9.59 Å². The van der Waals surface area contributed by atoms with Crippen molar-refractivity contribution in [1.82, 2.24) is 24.6 Å². The van der Waals surface area contributed by atoms with Crippen LogP contribution >= 0.6 is 0 Å². The fourth-order valence-corrected chi connectivity index (χ4v) is 3.40. The largest absolute Gasteiger partial charge is 0.355 e. The van der Waals surface area contributed by atoms with Crippen molar-refractivity contribution in [3.8, 4) is 11.3 Å². The van der Waals surface area contributed by atoms with E-state index >= 15 is 0 Å². The van der Waals surface area contributed by atoms with Crippen LogP contribution in [-0.2, 0) is 7.05 Å². The Kier molecular flexibility index (Phi) is 3.86. The Bertz CT molecular complexity index is 1370. The maximum Gasteiger partial charge on any atom is 0.261 e. The average molecular weight is 390 g/mol. The minimum Gasteiger partial charge on any atom is -0.355 e. The van der Waals surface area contributed by atoms with Gasteiger partial charge >= 0.3 is 0 Å². The van der Waals surface area contributed by atoms with Gasteiger partial charge in [-0.2, -0.15) is 5.10 Å². The molecule has 0 bridgehead atoms. The number of aryl methyl sites for hydroxylation is 1. The number of nitrogens with one attached hydrogen (secondary N) is 1. The predicted octanol–water partition coefficient (Wildman–Crippen LogP) is 2.77. The molecule has 1 N–H and O–H groups in total. The van der Waals surface area contributed by atoms with E-state index in [1.165, 1.54) is 17.0 Å². The number of nitrogens with zero attached hydrogens (tertiary/aromatic N) is 4. The quantitative estimate of drug-likeness (QED) is 0.581. The smallest absolute Gasteiger partial charge is 0.261 e. The summed E-state index contributed by atoms with van der Waals surface area (Å²) in [5, 5.41) is 6.62. The van der Waals surface area contributed by atoms with Crippen molar-refractivity contribution in [2.45, 2.75) is 13.0 Å². The van der Waals surface area contributed by atoms with Crippen LogP contribution in [0.1, 0.15) is 33.0 Å². The Morgan fingerprint density at radius 2 is 2.07 bits per heavy atom. The summed E-state index contributed by atoms with van der Waals surface area (Å²) in [6, 6.07) is 13.5. The molecule has 0 unspecified atom stereocenters. The first-order chi connectivity index (χ1) is 15.1. The maximum atomic E-state index is 13.2. The van der Waals surface area contributed by atoms with E-state index in [2.05, 4.69) is 10.1 Å². The molecule has 2 heterocycles. The number of carbonyl (C=O) groups is 1. The number of hydrogen-bond acceptors (Lipinski definition) is 4. The zero-order chi connectivity index (χ0) is 23.0. The van der Waals surface area contributed by atoms with Gasteiger partial charge in [-0.1, -0.05) is 18.2 Å². The van der Waals surface area contributed by atoms with Crippen molar-refractivity contribution in [3.05, 3.63) is 82.5 Å². The first kappa shape index (κ1) is 15.2. The molecule has 7 heteroatoms. The van der Waals surface area contributed by atoms with Crippen LogP contribution in [0.25, 0.3) is 22.2 Å². The van der Waals surface area contributed by atoms with E-state index in [-0.39, 0.29) is 11.1 Å². The fourth-order valence-electron chi connectivity index (χ4n) is 3.40. The number of hydrogen-bond donors (Lipinski definition) is 1. The lowest BCUT2D eigenvalue weighted by Gasteiger charge is -2.16. The molecule has 29 heavy (non-hydrogen) atoms. The van der Waals surface area contributed by atoms with Gasteiger partial charge in [-0.25, -0.2) is 4.98 Å². The lowest BCUT2D eigenvalue weighted by molar-refractivity contribution is 0.0963. The molecule has 0 spiro atoms. The summed E-state index contributed by atoms with van der Waals surface area (Å²) in [5.41, 5.74) is 3.06. The molecule has 0 radical (unpaired) electrons. The molecular formula is C22H21N5O2. The molecule has 0 aliphatic heterocycles. The summed E-state index contributed by atoms with van der Waals surface area (Å²) in [5.74, 6) is -0.703. The summed E-state index contributed by atoms with van der Waals surface area (Å²) in [6.07, 6.45) is 3.19. The molecule has 1 amide bonds. The highest BCUT2D eigenvalue weighted by Gasteiger charge is 2.15. The predicted molar refractivity (Wildman–Crippen MR) is 112 cm³/mol. The maximum absolute atomic E-state index is 13.2. The third kappa shape index (κ3) is 3.31. The normalized spacial score (nSPS) is 14.1. The molecule has 0 aliphatic carbocycles. The molecule has 4 rings (SSSR count). The lowest BCUT2D eigenvalue weighted by atomic mass is 10.0. The van der Waals surface area contributed by atoms with Gasteiger partial charge in [0.15, 0.2) is 0 Å². The van der Waals surface area contributed by atoms with Gasteiger partial charge in [0.2, 0.25) is 0 Å². The lowest BCUT2D eigenvalue weighted by Crippen LogP contribution is -2.25. The van der Waals surface area contributed by atoms with Crippen LogP contribution < -0.4 is 10.9 Å². The number of fused-ring (bicyclic) bond motifs is 1. The standard InChI is InChI=1S/C22H21N5O2/c1-14(15-5-4-6-17(11-15)21(28)23-2)27-13-24-19-12-16(7-8-18(19)22(27)29)20-9-10-25-26(20)3/h4-14H,1-3H3,(H,23,28)/t14-/m1/s1/i2D3.